The summed E-state index contributed by atoms with van der Waals surface area (Å²) in [6.45, 7) is 1.89. The molecule has 0 spiro atoms. The van der Waals surface area contributed by atoms with Crippen LogP contribution in [0.2, 0.25) is 0 Å². The number of sulfone groups is 1. The number of allylic oxidation sites excluding steroid dienone is 1. The Morgan fingerprint density at radius 3 is 2.66 bits per heavy atom. The monoisotopic (exact) mass is 505 g/mol. The third-order valence-corrected chi connectivity index (χ3v) is 9.54. The first-order valence-corrected chi connectivity index (χ1v) is 13.6. The van der Waals surface area contributed by atoms with Crippen molar-refractivity contribution in [1.82, 2.24) is 4.98 Å². The second kappa shape index (κ2) is 8.76. The molecule has 5 nitrogen and oxygen atoms in total. The Morgan fingerprint density at radius 2 is 1.94 bits per heavy atom. The lowest BCUT2D eigenvalue weighted by atomic mass is 9.60. The molecule has 2 saturated heterocycles. The van der Waals surface area contributed by atoms with E-state index in [0.29, 0.717) is 29.7 Å². The van der Waals surface area contributed by atoms with Crippen LogP contribution in [0.25, 0.3) is 17.2 Å². The Morgan fingerprint density at radius 1 is 1.14 bits per heavy atom. The lowest BCUT2D eigenvalue weighted by Gasteiger charge is -2.45. The molecule has 0 radical (unpaired) electrons. The summed E-state index contributed by atoms with van der Waals surface area (Å²) < 4.78 is 69.2. The number of rotatable bonds is 3. The fourth-order valence-corrected chi connectivity index (χ4v) is 7.98. The van der Waals surface area contributed by atoms with Crippen LogP contribution >= 0.6 is 0 Å². The lowest BCUT2D eigenvalue weighted by Crippen LogP contribution is -2.47. The van der Waals surface area contributed by atoms with Crippen LogP contribution in [-0.4, -0.2) is 37.0 Å². The molecule has 1 aromatic heterocycles. The summed E-state index contributed by atoms with van der Waals surface area (Å²) in [6, 6.07) is 8.60. The quantitative estimate of drug-likeness (QED) is 0.547. The average molecular weight is 506 g/mol. The molecule has 6 atom stereocenters. The third-order valence-electron chi connectivity index (χ3n) is 7.74. The minimum absolute atomic E-state index is 0.00909. The molecule has 3 aliphatic rings. The smallest absolute Gasteiger partial charge is 0.416 e. The number of fused-ring (bicyclic) bond motifs is 2. The molecule has 1 aliphatic carbocycles. The van der Waals surface area contributed by atoms with Gasteiger partial charge in [-0.3, -0.25) is 9.78 Å². The molecule has 35 heavy (non-hydrogen) atoms. The van der Waals surface area contributed by atoms with E-state index < -0.39 is 21.6 Å². The van der Waals surface area contributed by atoms with Gasteiger partial charge >= 0.3 is 12.1 Å². The van der Waals surface area contributed by atoms with Crippen molar-refractivity contribution >= 4 is 21.9 Å². The van der Waals surface area contributed by atoms with Crippen molar-refractivity contribution in [2.75, 3.05) is 11.5 Å². The average Bonchev–Trinajstić information content (AvgIpc) is 3.09. The highest BCUT2D eigenvalue weighted by atomic mass is 32.2. The fraction of sp³-hybridized carbons (Fsp3) is 0.462. The topological polar surface area (TPSA) is 73.3 Å². The van der Waals surface area contributed by atoms with Gasteiger partial charge in [0.05, 0.1) is 28.7 Å². The lowest BCUT2D eigenvalue weighted by molar-refractivity contribution is -0.144. The minimum atomic E-state index is -4.41. The van der Waals surface area contributed by atoms with E-state index >= 15 is 0 Å². The van der Waals surface area contributed by atoms with E-state index in [1.807, 2.05) is 19.1 Å². The Kier molecular flexibility index (Phi) is 6.02. The number of ether oxygens (including phenoxy) is 1. The molecule has 1 aromatic carbocycles. The normalized spacial score (nSPS) is 32.2. The zero-order valence-corrected chi connectivity index (χ0v) is 19.9. The van der Waals surface area contributed by atoms with Gasteiger partial charge in [-0.15, -0.1) is 0 Å². The van der Waals surface area contributed by atoms with E-state index in [9.17, 15) is 26.4 Å². The molecule has 2 aromatic rings. The van der Waals surface area contributed by atoms with Crippen LogP contribution in [0.4, 0.5) is 13.2 Å². The van der Waals surface area contributed by atoms with E-state index in [1.165, 1.54) is 6.07 Å². The number of pyridine rings is 1. The molecular weight excluding hydrogens is 479 g/mol. The van der Waals surface area contributed by atoms with Crippen molar-refractivity contribution in [2.24, 2.45) is 29.6 Å². The Hall–Kier alpha value is -2.68. The van der Waals surface area contributed by atoms with Crippen molar-refractivity contribution in [3.63, 3.8) is 0 Å². The van der Waals surface area contributed by atoms with Crippen molar-refractivity contribution in [2.45, 2.75) is 32.0 Å². The number of esters is 1. The van der Waals surface area contributed by atoms with Crippen LogP contribution in [-0.2, 0) is 25.5 Å². The Bertz CT molecular complexity index is 1260. The number of hydrogen-bond acceptors (Lipinski definition) is 5. The molecule has 9 heteroatoms. The summed E-state index contributed by atoms with van der Waals surface area (Å²) in [5, 5.41) is 0. The van der Waals surface area contributed by atoms with Gasteiger partial charge in [-0.2, -0.15) is 13.2 Å². The first-order chi connectivity index (χ1) is 16.5. The first-order valence-electron chi connectivity index (χ1n) is 11.7. The standard InChI is InChI=1S/C26H26F3NO4S/c1-15-24-22(21-9-10-35(32,33)14-18(21)12-23(24)25(31)34-15)8-7-20-6-5-17(13-30-20)16-3-2-4-19(11-16)26(27,28)29/h2-8,11,13,15,18,21-24H,9-10,12,14H2,1H3/t15-,18-,21-,22+,23-,24+/m1/s1. The molecule has 186 valence electrons. The third kappa shape index (κ3) is 4.75. The number of nitrogens with zero attached hydrogens (tertiary/aromatic N) is 1. The highest BCUT2D eigenvalue weighted by Gasteiger charge is 2.55. The SMILES string of the molecule is C[C@H]1OC(=O)[C@@H]2C[C@@H]3CS(=O)(=O)CC[C@H]3[C@H](C=Cc3ccc(-c4cccc(C(F)(F)F)c4)cn3)[C@H]12. The largest absolute Gasteiger partial charge is 0.462 e. The summed E-state index contributed by atoms with van der Waals surface area (Å²) in [4.78, 5) is 16.9. The van der Waals surface area contributed by atoms with Crippen LogP contribution in [0.3, 0.4) is 0 Å². The number of aromatic nitrogens is 1. The maximum Gasteiger partial charge on any atom is 0.416 e. The van der Waals surface area contributed by atoms with Crippen molar-refractivity contribution in [1.29, 1.82) is 0 Å². The molecule has 0 amide bonds. The zero-order valence-electron chi connectivity index (χ0n) is 19.1. The molecule has 3 fully saturated rings. The number of carbonyl (C=O) groups is 1. The fourth-order valence-electron chi connectivity index (χ4n) is 6.14. The van der Waals surface area contributed by atoms with E-state index in [-0.39, 0.29) is 53.2 Å². The van der Waals surface area contributed by atoms with Crippen LogP contribution in [0.15, 0.2) is 48.7 Å². The molecule has 3 heterocycles. The van der Waals surface area contributed by atoms with Gasteiger partial charge < -0.3 is 4.74 Å². The molecule has 1 saturated carbocycles. The van der Waals surface area contributed by atoms with Gasteiger partial charge in [-0.25, -0.2) is 8.42 Å². The number of hydrogen-bond donors (Lipinski definition) is 0. The number of alkyl halides is 3. The number of benzene rings is 1. The molecule has 2 aliphatic heterocycles. The Balaban J connectivity index is 1.39. The van der Waals surface area contributed by atoms with Gasteiger partial charge in [-0.05, 0) is 67.4 Å². The van der Waals surface area contributed by atoms with Crippen molar-refractivity contribution in [3.8, 4) is 11.1 Å². The van der Waals surface area contributed by atoms with Gasteiger partial charge in [0.1, 0.15) is 6.10 Å². The van der Waals surface area contributed by atoms with Crippen LogP contribution in [0, 0.1) is 29.6 Å². The van der Waals surface area contributed by atoms with Gasteiger partial charge in [-0.1, -0.05) is 24.3 Å². The molecule has 0 unspecified atom stereocenters. The Labute approximate surface area is 202 Å². The van der Waals surface area contributed by atoms with Gasteiger partial charge in [0.25, 0.3) is 0 Å². The highest BCUT2D eigenvalue weighted by molar-refractivity contribution is 7.91. The summed E-state index contributed by atoms with van der Waals surface area (Å²) in [7, 11) is -3.11. The minimum Gasteiger partial charge on any atom is -0.462 e. The summed E-state index contributed by atoms with van der Waals surface area (Å²) in [5.74, 6) is -0.224. The van der Waals surface area contributed by atoms with E-state index in [4.69, 9.17) is 4.74 Å². The predicted molar refractivity (Wildman–Crippen MR) is 125 cm³/mol. The summed E-state index contributed by atoms with van der Waals surface area (Å²) in [5.41, 5.74) is 0.935. The molecule has 5 rings (SSSR count). The highest BCUT2D eigenvalue weighted by Crippen LogP contribution is 2.52. The maximum atomic E-state index is 13.0. The number of cyclic esters (lactones) is 1. The first kappa shape index (κ1) is 24.0. The van der Waals surface area contributed by atoms with Gasteiger partial charge in [0.15, 0.2) is 9.84 Å². The maximum absolute atomic E-state index is 13.0. The molecule has 0 bridgehead atoms. The van der Waals surface area contributed by atoms with Crippen LogP contribution in [0.1, 0.15) is 31.0 Å². The van der Waals surface area contributed by atoms with E-state index in [2.05, 4.69) is 4.98 Å². The van der Waals surface area contributed by atoms with Gasteiger partial charge in [0.2, 0.25) is 0 Å². The number of carbonyl (C=O) groups excluding carboxylic acids is 1. The zero-order chi connectivity index (χ0) is 25.0. The van der Waals surface area contributed by atoms with Crippen molar-refractivity contribution < 1.29 is 31.1 Å². The van der Waals surface area contributed by atoms with E-state index in [1.54, 1.807) is 24.4 Å². The molecule has 0 N–H and O–H groups in total. The van der Waals surface area contributed by atoms with Crippen LogP contribution < -0.4 is 0 Å². The second-order valence-electron chi connectivity index (χ2n) is 9.88. The summed E-state index contributed by atoms with van der Waals surface area (Å²) in [6.07, 6.45) is 1.89. The summed E-state index contributed by atoms with van der Waals surface area (Å²) >= 11 is 0. The van der Waals surface area contributed by atoms with Crippen LogP contribution in [0.5, 0.6) is 0 Å². The van der Waals surface area contributed by atoms with E-state index in [0.717, 1.165) is 12.1 Å². The van der Waals surface area contributed by atoms with Gasteiger partial charge in [0, 0.05) is 17.7 Å². The second-order valence-corrected chi connectivity index (χ2v) is 12.1. The van der Waals surface area contributed by atoms with Crippen molar-refractivity contribution in [3.05, 3.63) is 59.9 Å². The predicted octanol–water partition coefficient (Wildman–Crippen LogP) is 5.03. The molecular formula is C26H26F3NO4S. The number of halogens is 3.